The summed E-state index contributed by atoms with van der Waals surface area (Å²) in [6, 6.07) is 6.04. The molecule has 14 nitrogen and oxygen atoms in total. The Morgan fingerprint density at radius 1 is 1.05 bits per heavy atom. The second-order valence-electron chi connectivity index (χ2n) is 11.7. The Morgan fingerprint density at radius 3 is 2.39 bits per heavy atom. The number of esters is 2. The minimum absolute atomic E-state index is 0.0331. The first kappa shape index (κ1) is 33.8. The first-order valence-corrected chi connectivity index (χ1v) is 14.3. The lowest BCUT2D eigenvalue weighted by atomic mass is 9.80. The van der Waals surface area contributed by atoms with Gasteiger partial charge in [0.15, 0.2) is 6.29 Å². The van der Waals surface area contributed by atoms with Crippen molar-refractivity contribution in [2.75, 3.05) is 19.8 Å². The van der Waals surface area contributed by atoms with E-state index in [1.807, 2.05) is 13.8 Å². The van der Waals surface area contributed by atoms with Gasteiger partial charge in [-0.05, 0) is 41.7 Å². The standard InChI is InChI=1S/C30H40O14/c1-15(2)9-23(35)44-28-24-19(17(12-40-28)13-41-29-27(38)26(37)25(36)20(11-31)42-29)10-21(30(24,39)14-32)43-22(34)8-5-16-3-6-18(33)7-4-16/h3-8,12,15,19-21,24-29,31-33,36-39H,9-11,13-14H2,1-2H3/b8-5+/t19-,20-,21+,24-,25-,26+,27-,28+,29-,30-/m1/s1. The summed E-state index contributed by atoms with van der Waals surface area (Å²) in [6.45, 7) is 1.81. The molecule has 1 saturated carbocycles. The van der Waals surface area contributed by atoms with Gasteiger partial charge in [-0.3, -0.25) is 4.79 Å². The molecule has 1 saturated heterocycles. The van der Waals surface area contributed by atoms with Gasteiger partial charge < -0.3 is 59.4 Å². The summed E-state index contributed by atoms with van der Waals surface area (Å²) in [5.41, 5.74) is -1.15. The molecule has 0 unspecified atom stereocenters. The molecule has 2 fully saturated rings. The summed E-state index contributed by atoms with van der Waals surface area (Å²) in [5, 5.41) is 71.5. The SMILES string of the molecule is CC(C)CC(=O)O[C@@H]1OC=C(CO[C@@H]2O[C@H](CO)[C@@H](O)[C@H](O)[C@H]2O)[C@H]2C[C@H](OC(=O)/C=C/c3ccc(O)cc3)[C@](O)(CO)[C@@H]12. The molecule has 0 amide bonds. The van der Waals surface area contributed by atoms with E-state index in [1.54, 1.807) is 12.1 Å². The van der Waals surface area contributed by atoms with E-state index in [1.165, 1.54) is 24.5 Å². The number of fused-ring (bicyclic) bond motifs is 1. The molecule has 2 heterocycles. The van der Waals surface area contributed by atoms with Gasteiger partial charge in [0.05, 0.1) is 32.0 Å². The Balaban J connectivity index is 1.54. The van der Waals surface area contributed by atoms with E-state index in [0.29, 0.717) is 11.1 Å². The van der Waals surface area contributed by atoms with Crippen LogP contribution in [0.5, 0.6) is 5.75 Å². The molecule has 0 radical (unpaired) electrons. The molecule has 3 aliphatic rings. The van der Waals surface area contributed by atoms with Crippen LogP contribution in [-0.4, -0.2) is 116 Å². The normalized spacial score (nSPS) is 35.2. The second kappa shape index (κ2) is 14.3. The van der Waals surface area contributed by atoms with E-state index in [4.69, 9.17) is 23.7 Å². The van der Waals surface area contributed by atoms with Crippen LogP contribution in [0, 0.1) is 17.8 Å². The average Bonchev–Trinajstić information content (AvgIpc) is 3.28. The third-order valence-electron chi connectivity index (χ3n) is 8.06. The smallest absolute Gasteiger partial charge is 0.331 e. The molecule has 244 valence electrons. The third-order valence-corrected chi connectivity index (χ3v) is 8.06. The maximum Gasteiger partial charge on any atom is 0.331 e. The predicted molar refractivity (Wildman–Crippen MR) is 149 cm³/mol. The fraction of sp³-hybridized carbons (Fsp3) is 0.600. The number of ether oxygens (including phenoxy) is 5. The number of hydrogen-bond donors (Lipinski definition) is 7. The van der Waals surface area contributed by atoms with Gasteiger partial charge in [-0.2, -0.15) is 0 Å². The van der Waals surface area contributed by atoms with Crippen LogP contribution in [0.25, 0.3) is 6.08 Å². The van der Waals surface area contributed by atoms with Crippen LogP contribution in [0.2, 0.25) is 0 Å². The lowest BCUT2D eigenvalue weighted by Crippen LogP contribution is -2.59. The van der Waals surface area contributed by atoms with E-state index >= 15 is 0 Å². The van der Waals surface area contributed by atoms with Gasteiger partial charge in [-0.1, -0.05) is 26.0 Å². The molecule has 0 bridgehead atoms. The minimum Gasteiger partial charge on any atom is -0.508 e. The molecule has 7 N–H and O–H groups in total. The summed E-state index contributed by atoms with van der Waals surface area (Å²) >= 11 is 0. The number of aliphatic hydroxyl groups excluding tert-OH is 5. The maximum atomic E-state index is 12.8. The Labute approximate surface area is 253 Å². The first-order chi connectivity index (χ1) is 20.9. The Morgan fingerprint density at radius 2 is 1.75 bits per heavy atom. The maximum absolute atomic E-state index is 12.8. The second-order valence-corrected chi connectivity index (χ2v) is 11.7. The monoisotopic (exact) mass is 624 g/mol. The molecular formula is C30H40O14. The lowest BCUT2D eigenvalue weighted by Gasteiger charge is -2.41. The molecule has 1 aliphatic carbocycles. The van der Waals surface area contributed by atoms with Gasteiger partial charge in [-0.15, -0.1) is 0 Å². The van der Waals surface area contributed by atoms with Crippen molar-refractivity contribution in [1.29, 1.82) is 0 Å². The molecule has 14 heteroatoms. The highest BCUT2D eigenvalue weighted by molar-refractivity contribution is 5.87. The van der Waals surface area contributed by atoms with E-state index in [-0.39, 0.29) is 31.1 Å². The fourth-order valence-electron chi connectivity index (χ4n) is 5.70. The zero-order chi connectivity index (χ0) is 32.2. The van der Waals surface area contributed by atoms with Crippen molar-refractivity contribution in [2.24, 2.45) is 17.8 Å². The van der Waals surface area contributed by atoms with Crippen molar-refractivity contribution in [1.82, 2.24) is 0 Å². The third kappa shape index (κ3) is 7.41. The van der Waals surface area contributed by atoms with E-state index in [2.05, 4.69) is 0 Å². The zero-order valence-electron chi connectivity index (χ0n) is 24.3. The van der Waals surface area contributed by atoms with Crippen LogP contribution in [0.1, 0.15) is 32.3 Å². The lowest BCUT2D eigenvalue weighted by molar-refractivity contribution is -0.299. The summed E-state index contributed by atoms with van der Waals surface area (Å²) in [4.78, 5) is 25.3. The van der Waals surface area contributed by atoms with Gasteiger partial charge in [0.1, 0.15) is 41.9 Å². The van der Waals surface area contributed by atoms with Crippen LogP contribution in [0.15, 0.2) is 42.2 Å². The van der Waals surface area contributed by atoms with Crippen LogP contribution < -0.4 is 0 Å². The largest absolute Gasteiger partial charge is 0.508 e. The highest BCUT2D eigenvalue weighted by Crippen LogP contribution is 2.50. The van der Waals surface area contributed by atoms with Gasteiger partial charge in [-0.25, -0.2) is 4.79 Å². The molecule has 0 spiro atoms. The predicted octanol–water partition coefficient (Wildman–Crippen LogP) is -0.677. The van der Waals surface area contributed by atoms with E-state index in [0.717, 1.165) is 6.08 Å². The van der Waals surface area contributed by atoms with Crippen molar-refractivity contribution in [3.05, 3.63) is 47.7 Å². The Hall–Kier alpha value is -3.08. The number of aliphatic hydroxyl groups is 6. The van der Waals surface area contributed by atoms with Gasteiger partial charge in [0, 0.05) is 18.4 Å². The van der Waals surface area contributed by atoms with Crippen LogP contribution >= 0.6 is 0 Å². The number of carbonyl (C=O) groups is 2. The minimum atomic E-state index is -2.11. The summed E-state index contributed by atoms with van der Waals surface area (Å²) < 4.78 is 27.9. The van der Waals surface area contributed by atoms with E-state index in [9.17, 15) is 45.3 Å². The van der Waals surface area contributed by atoms with Crippen LogP contribution in [0.4, 0.5) is 0 Å². The van der Waals surface area contributed by atoms with Gasteiger partial charge in [0.25, 0.3) is 0 Å². The van der Waals surface area contributed by atoms with Crippen molar-refractivity contribution in [2.45, 2.75) is 75.4 Å². The fourth-order valence-corrected chi connectivity index (χ4v) is 5.70. The van der Waals surface area contributed by atoms with Crippen LogP contribution in [-0.2, 0) is 33.3 Å². The number of carbonyl (C=O) groups excluding carboxylic acids is 2. The molecule has 10 atom stereocenters. The summed E-state index contributed by atoms with van der Waals surface area (Å²) in [7, 11) is 0. The Bertz CT molecular complexity index is 1200. The number of rotatable bonds is 11. The number of aromatic hydroxyl groups is 1. The van der Waals surface area contributed by atoms with Crippen molar-refractivity contribution >= 4 is 18.0 Å². The summed E-state index contributed by atoms with van der Waals surface area (Å²) in [6.07, 6.45) is -6.33. The molecule has 2 aliphatic heterocycles. The number of hydrogen-bond acceptors (Lipinski definition) is 14. The van der Waals surface area contributed by atoms with Crippen molar-refractivity contribution in [3.63, 3.8) is 0 Å². The van der Waals surface area contributed by atoms with Crippen LogP contribution in [0.3, 0.4) is 0 Å². The highest BCUT2D eigenvalue weighted by Gasteiger charge is 2.62. The average molecular weight is 625 g/mol. The number of phenols is 1. The molecular weight excluding hydrogens is 584 g/mol. The first-order valence-electron chi connectivity index (χ1n) is 14.3. The quantitative estimate of drug-likeness (QED) is 0.120. The van der Waals surface area contributed by atoms with E-state index < -0.39 is 85.7 Å². The molecule has 1 aromatic rings. The molecule has 0 aromatic heterocycles. The topological polar surface area (TPSA) is 222 Å². The van der Waals surface area contributed by atoms with Crippen molar-refractivity contribution < 1.29 is 69.0 Å². The molecule has 44 heavy (non-hydrogen) atoms. The number of phenolic OH excluding ortho intramolecular Hbond substituents is 1. The Kier molecular flexibility index (Phi) is 11.0. The molecule has 1 aromatic carbocycles. The molecule has 4 rings (SSSR count). The highest BCUT2D eigenvalue weighted by atomic mass is 16.7. The van der Waals surface area contributed by atoms with Gasteiger partial charge in [0.2, 0.25) is 6.29 Å². The summed E-state index contributed by atoms with van der Waals surface area (Å²) in [5.74, 6) is -3.24. The zero-order valence-corrected chi connectivity index (χ0v) is 24.3. The van der Waals surface area contributed by atoms with Gasteiger partial charge >= 0.3 is 11.9 Å². The van der Waals surface area contributed by atoms with Crippen molar-refractivity contribution in [3.8, 4) is 5.75 Å². The number of benzene rings is 1.